The van der Waals surface area contributed by atoms with Crippen molar-refractivity contribution in [1.29, 1.82) is 0 Å². The molecule has 2 rings (SSSR count). The van der Waals surface area contributed by atoms with Gasteiger partial charge in [-0.05, 0) is 91.0 Å². The van der Waals surface area contributed by atoms with Crippen molar-refractivity contribution >= 4 is 71.9 Å². The average molecular weight is 898 g/mol. The fraction of sp³-hybridized carbons (Fsp3) is 0.730. The number of nitrogens with zero attached hydrogens (tertiary/aromatic N) is 4. The molecule has 8 atom stereocenters. The number of carbonyl (C=O) groups is 8. The summed E-state index contributed by atoms with van der Waals surface area (Å²) in [5.74, 6) is -5.89. The summed E-state index contributed by atoms with van der Waals surface area (Å²) >= 11 is 4.06. The number of carbonyl (C=O) groups excluding carboxylic acids is 7. The minimum atomic E-state index is -1.28. The number of unbranched alkanes of at least 4 members (excludes halogenated alkanes) is 1. The first-order valence-electron chi connectivity index (χ1n) is 20.9. The minimum absolute atomic E-state index is 0.0276. The van der Waals surface area contributed by atoms with Crippen molar-refractivity contribution in [2.24, 2.45) is 44.4 Å². The maximum Gasteiger partial charge on any atom is 0.326 e. The molecule has 0 spiro atoms. The van der Waals surface area contributed by atoms with E-state index in [1.54, 1.807) is 0 Å². The number of amides is 7. The first kappa shape index (κ1) is 52.7. The molecule has 0 radical (unpaired) electrons. The highest BCUT2D eigenvalue weighted by atomic mass is 32.1. The Morgan fingerprint density at radius 1 is 0.645 bits per heavy atom. The highest BCUT2D eigenvalue weighted by Crippen LogP contribution is 2.22. The van der Waals surface area contributed by atoms with E-state index >= 15 is 0 Å². The first-order valence-corrected chi connectivity index (χ1v) is 21.5. The molecule has 24 nitrogen and oxygen atoms in total. The maximum absolute atomic E-state index is 14.0. The molecule has 7 amide bonds. The number of hydrogen-bond donors (Lipinski definition) is 13. The smallest absolute Gasteiger partial charge is 0.326 e. The Morgan fingerprint density at radius 3 is 1.45 bits per heavy atom. The van der Waals surface area contributed by atoms with Crippen LogP contribution in [0.4, 0.5) is 0 Å². The Kier molecular flexibility index (Phi) is 22.8. The Bertz CT molecular complexity index is 1630. The molecule has 62 heavy (non-hydrogen) atoms. The summed E-state index contributed by atoms with van der Waals surface area (Å²) in [4.78, 5) is 116. The molecule has 0 aromatic heterocycles. The van der Waals surface area contributed by atoms with Crippen LogP contribution in [-0.2, 0) is 38.4 Å². The Balaban J connectivity index is 2.12. The molecule has 0 aromatic rings. The van der Waals surface area contributed by atoms with Gasteiger partial charge in [-0.15, -0.1) is 0 Å². The number of hydrogen-bond acceptors (Lipinski definition) is 13. The molecule has 2 saturated heterocycles. The average Bonchev–Trinajstić information content (AvgIpc) is 3.92. The second kappa shape index (κ2) is 26.8. The third-order valence-corrected chi connectivity index (χ3v) is 10.8. The number of carboxylic acid groups (broad SMARTS) is 1. The maximum atomic E-state index is 14.0. The van der Waals surface area contributed by atoms with Gasteiger partial charge in [0.2, 0.25) is 41.4 Å². The number of thiol groups is 1. The van der Waals surface area contributed by atoms with Crippen LogP contribution < -0.4 is 61.0 Å². The van der Waals surface area contributed by atoms with E-state index in [2.05, 4.69) is 49.2 Å². The SMILES string of the molecule is C[C@H](NC(=O)[C@@H]1CCCN1C(=O)[C@H](CCCCN)NC(=O)[C@H](C)NC(=O)[C@@H]1CCCN1C(=O)[C@H](CCCN=C(N)N)NC(=O)[C@@H](N)CS)C(=O)N[C@@H](CCCN=C(N)N)C(=O)O. The number of nitrogens with one attached hydrogen (secondary N) is 5. The standard InChI is InChI=1S/C37H67N15O9S/c1-20(46-31(56)27-13-8-18-52(27)34(59)24(10-5-15-44-36(40)41)49-30(55)22(39)19-62)28(53)48-23(9-3-4-14-38)33(58)51-17-7-12-26(51)32(57)47-21(2)29(54)50-25(35(60)61)11-6-16-45-37(42)43/h20-27,62H,3-19,38-39H2,1-2H3,(H,46,56)(H,47,57)(H,48,53)(H,49,55)(H,50,54)(H,60,61)(H4,40,41,44)(H4,42,43,45)/t20-,21-,22-,23-,24-,25-,26-,27-/m0/s1. The largest absolute Gasteiger partial charge is 0.480 e. The summed E-state index contributed by atoms with van der Waals surface area (Å²) in [7, 11) is 0. The van der Waals surface area contributed by atoms with E-state index in [-0.39, 0.29) is 82.4 Å². The third-order valence-electron chi connectivity index (χ3n) is 10.4. The van der Waals surface area contributed by atoms with Gasteiger partial charge in [-0.3, -0.25) is 43.5 Å². The van der Waals surface area contributed by atoms with Crippen molar-refractivity contribution in [2.75, 3.05) is 38.5 Å². The van der Waals surface area contributed by atoms with E-state index in [1.807, 2.05) is 0 Å². The van der Waals surface area contributed by atoms with Crippen LogP contribution in [0.1, 0.15) is 84.5 Å². The van der Waals surface area contributed by atoms with Crippen LogP contribution in [0, 0.1) is 0 Å². The van der Waals surface area contributed by atoms with Gasteiger partial charge in [-0.25, -0.2) is 4.79 Å². The normalized spacial score (nSPS) is 18.8. The lowest BCUT2D eigenvalue weighted by Gasteiger charge is -2.31. The van der Waals surface area contributed by atoms with Gasteiger partial charge in [0.05, 0.1) is 6.04 Å². The third kappa shape index (κ3) is 17.1. The second-order valence-corrected chi connectivity index (χ2v) is 15.7. The topological polar surface area (TPSA) is 404 Å². The zero-order valence-corrected chi connectivity index (χ0v) is 36.4. The van der Waals surface area contributed by atoms with Crippen molar-refractivity contribution in [3.63, 3.8) is 0 Å². The van der Waals surface area contributed by atoms with Crippen LogP contribution in [0.5, 0.6) is 0 Å². The van der Waals surface area contributed by atoms with Crippen molar-refractivity contribution in [3.8, 4) is 0 Å². The molecule has 25 heteroatoms. The number of guanidine groups is 2. The number of rotatable bonds is 26. The summed E-state index contributed by atoms with van der Waals surface area (Å²) < 4.78 is 0. The summed E-state index contributed by atoms with van der Waals surface area (Å²) in [6.45, 7) is 3.89. The highest BCUT2D eigenvalue weighted by molar-refractivity contribution is 7.80. The van der Waals surface area contributed by atoms with Gasteiger partial charge in [0.25, 0.3) is 0 Å². The van der Waals surface area contributed by atoms with Gasteiger partial charge in [-0.1, -0.05) is 0 Å². The summed E-state index contributed by atoms with van der Waals surface area (Å²) in [5.41, 5.74) is 32.9. The van der Waals surface area contributed by atoms with Gasteiger partial charge in [0.1, 0.15) is 42.3 Å². The van der Waals surface area contributed by atoms with Crippen LogP contribution in [-0.4, -0.2) is 161 Å². The molecule has 0 aliphatic carbocycles. The summed E-state index contributed by atoms with van der Waals surface area (Å²) in [6, 6.07) is -8.66. The number of aliphatic imine (C=N–C) groups is 2. The molecule has 0 bridgehead atoms. The molecule has 2 aliphatic heterocycles. The van der Waals surface area contributed by atoms with Crippen molar-refractivity contribution < 1.29 is 43.5 Å². The molecule has 2 heterocycles. The van der Waals surface area contributed by atoms with Crippen LogP contribution in [0.15, 0.2) is 9.98 Å². The molecular formula is C37H67N15O9S. The summed E-state index contributed by atoms with van der Waals surface area (Å²) in [6.07, 6.45) is 3.42. The fourth-order valence-electron chi connectivity index (χ4n) is 6.98. The van der Waals surface area contributed by atoms with E-state index in [1.165, 1.54) is 23.6 Å². The van der Waals surface area contributed by atoms with Gasteiger partial charge in [-0.2, -0.15) is 12.6 Å². The van der Waals surface area contributed by atoms with Crippen molar-refractivity contribution in [2.45, 2.75) is 133 Å². The van der Waals surface area contributed by atoms with E-state index in [9.17, 15) is 43.5 Å². The molecule has 350 valence electrons. The number of nitrogens with two attached hydrogens (primary N) is 6. The van der Waals surface area contributed by atoms with Crippen LogP contribution in [0.25, 0.3) is 0 Å². The quantitative estimate of drug-likeness (QED) is 0.0167. The predicted molar refractivity (Wildman–Crippen MR) is 233 cm³/mol. The van der Waals surface area contributed by atoms with E-state index < -0.39 is 95.7 Å². The lowest BCUT2D eigenvalue weighted by Crippen LogP contribution is -2.59. The minimum Gasteiger partial charge on any atom is -0.480 e. The molecule has 0 saturated carbocycles. The van der Waals surface area contributed by atoms with Crippen LogP contribution >= 0.6 is 12.6 Å². The second-order valence-electron chi connectivity index (χ2n) is 15.3. The van der Waals surface area contributed by atoms with Gasteiger partial charge < -0.3 is 75.9 Å². The zero-order chi connectivity index (χ0) is 46.5. The van der Waals surface area contributed by atoms with Crippen LogP contribution in [0.3, 0.4) is 0 Å². The predicted octanol–water partition coefficient (Wildman–Crippen LogP) is -4.99. The number of aliphatic carboxylic acids is 1. The molecule has 0 unspecified atom stereocenters. The molecule has 0 aromatic carbocycles. The Hall–Kier alpha value is -5.43. The molecular weight excluding hydrogens is 831 g/mol. The van der Waals surface area contributed by atoms with Gasteiger partial charge >= 0.3 is 5.97 Å². The summed E-state index contributed by atoms with van der Waals surface area (Å²) in [5, 5.41) is 22.6. The molecule has 2 aliphatic rings. The van der Waals surface area contributed by atoms with Crippen LogP contribution in [0.2, 0.25) is 0 Å². The highest BCUT2D eigenvalue weighted by Gasteiger charge is 2.41. The zero-order valence-electron chi connectivity index (χ0n) is 35.6. The molecule has 2 fully saturated rings. The van der Waals surface area contributed by atoms with E-state index in [0.717, 1.165) is 0 Å². The first-order chi connectivity index (χ1) is 29.3. The number of likely N-dealkylation sites (tertiary alicyclic amines) is 2. The lowest BCUT2D eigenvalue weighted by molar-refractivity contribution is -0.144. The molecule has 18 N–H and O–H groups in total. The Labute approximate surface area is 366 Å². The fourth-order valence-corrected chi connectivity index (χ4v) is 7.15. The van der Waals surface area contributed by atoms with Gasteiger partial charge in [0.15, 0.2) is 11.9 Å². The van der Waals surface area contributed by atoms with Crippen molar-refractivity contribution in [1.82, 2.24) is 36.4 Å². The Morgan fingerprint density at radius 2 is 1.05 bits per heavy atom. The lowest BCUT2D eigenvalue weighted by atomic mass is 10.1. The van der Waals surface area contributed by atoms with Gasteiger partial charge in [0, 0.05) is 31.9 Å². The van der Waals surface area contributed by atoms with E-state index in [0.29, 0.717) is 38.6 Å². The van der Waals surface area contributed by atoms with Crippen molar-refractivity contribution in [3.05, 3.63) is 0 Å². The van der Waals surface area contributed by atoms with E-state index in [4.69, 9.17) is 34.4 Å². The monoisotopic (exact) mass is 897 g/mol. The number of carboxylic acids is 1.